The molecule has 0 N–H and O–H groups in total. The summed E-state index contributed by atoms with van der Waals surface area (Å²) >= 11 is 1.81. The molecule has 0 saturated carbocycles. The van der Waals surface area contributed by atoms with Crippen LogP contribution in [0.5, 0.6) is 0 Å². The largest absolute Gasteiger partial charge is 0.353 e. The summed E-state index contributed by atoms with van der Waals surface area (Å²) in [5, 5.41) is 0. The molecule has 0 atom stereocenters. The van der Waals surface area contributed by atoms with Crippen molar-refractivity contribution in [1.82, 2.24) is 9.80 Å². The highest BCUT2D eigenvalue weighted by Gasteiger charge is 2.19. The summed E-state index contributed by atoms with van der Waals surface area (Å²) in [5.41, 5.74) is 2.16. The third kappa shape index (κ3) is 2.97. The first-order valence-electron chi connectivity index (χ1n) is 6.89. The molecule has 2 heterocycles. The Morgan fingerprint density at radius 1 is 1.25 bits per heavy atom. The first-order valence-corrected chi connectivity index (χ1v) is 7.70. The third-order valence-corrected chi connectivity index (χ3v) is 4.41. The van der Waals surface area contributed by atoms with E-state index in [1.807, 2.05) is 17.8 Å². The summed E-state index contributed by atoms with van der Waals surface area (Å²) in [4.78, 5) is 11.7. The summed E-state index contributed by atoms with van der Waals surface area (Å²) in [7, 11) is 4.23. The number of rotatable bonds is 4. The predicted octanol–water partition coefficient (Wildman–Crippen LogP) is 3.49. The molecule has 0 radical (unpaired) electrons. The highest BCUT2D eigenvalue weighted by Crippen LogP contribution is 2.41. The van der Waals surface area contributed by atoms with Crippen LogP contribution in [-0.2, 0) is 0 Å². The van der Waals surface area contributed by atoms with Gasteiger partial charge in [0.25, 0.3) is 0 Å². The quantitative estimate of drug-likeness (QED) is 0.844. The maximum atomic E-state index is 4.72. The molecule has 1 aromatic carbocycles. The Hall–Kier alpha value is -1.52. The van der Waals surface area contributed by atoms with Crippen molar-refractivity contribution < 1.29 is 0 Å². The summed E-state index contributed by atoms with van der Waals surface area (Å²) in [6, 6.07) is 8.32. The Bertz CT molecular complexity index is 587. The zero-order valence-corrected chi connectivity index (χ0v) is 12.7. The van der Waals surface area contributed by atoms with E-state index in [4.69, 9.17) is 4.99 Å². The monoisotopic (exact) mass is 285 g/mol. The van der Waals surface area contributed by atoms with E-state index in [0.29, 0.717) is 0 Å². The minimum atomic E-state index is 1.05. The normalized spacial score (nSPS) is 16.6. The van der Waals surface area contributed by atoms with Crippen LogP contribution in [0.2, 0.25) is 0 Å². The topological polar surface area (TPSA) is 18.8 Å². The molecule has 0 aromatic heterocycles. The number of hydrogen-bond donors (Lipinski definition) is 0. The molecule has 0 spiro atoms. The molecule has 0 bridgehead atoms. The smallest absolute Gasteiger partial charge is 0.0806 e. The van der Waals surface area contributed by atoms with E-state index in [2.05, 4.69) is 60.6 Å². The molecule has 0 unspecified atom stereocenters. The summed E-state index contributed by atoms with van der Waals surface area (Å²) in [6.07, 6.45) is 7.63. The Labute approximate surface area is 124 Å². The van der Waals surface area contributed by atoms with Crippen molar-refractivity contribution in [2.45, 2.75) is 11.3 Å². The fourth-order valence-electron chi connectivity index (χ4n) is 2.27. The van der Waals surface area contributed by atoms with E-state index in [9.17, 15) is 0 Å². The second-order valence-corrected chi connectivity index (χ2v) is 6.35. The van der Waals surface area contributed by atoms with E-state index < -0.39 is 0 Å². The minimum absolute atomic E-state index is 1.05. The Morgan fingerprint density at radius 3 is 2.95 bits per heavy atom. The lowest BCUT2D eigenvalue weighted by atomic mass is 10.2. The van der Waals surface area contributed by atoms with E-state index >= 15 is 0 Å². The number of hydrogen-bond acceptors (Lipinski definition) is 4. The number of aliphatic imine (C=N–C) groups is 1. The molecule has 20 heavy (non-hydrogen) atoms. The Morgan fingerprint density at radius 2 is 2.10 bits per heavy atom. The lowest BCUT2D eigenvalue weighted by Crippen LogP contribution is -2.22. The molecule has 3 nitrogen and oxygen atoms in total. The molecule has 0 aliphatic carbocycles. The van der Waals surface area contributed by atoms with E-state index in [1.165, 1.54) is 9.80 Å². The van der Waals surface area contributed by atoms with Crippen LogP contribution in [0.25, 0.3) is 0 Å². The third-order valence-electron chi connectivity index (χ3n) is 3.31. The van der Waals surface area contributed by atoms with Crippen molar-refractivity contribution in [3.63, 3.8) is 0 Å². The van der Waals surface area contributed by atoms with Crippen LogP contribution >= 0.6 is 11.8 Å². The average molecular weight is 285 g/mol. The standard InChI is InChI=1S/C16H19N3S/c1-18(2)9-5-10-19-11-8-14-16(12-19)20-15-7-4-3-6-13(15)17-14/h3-4,6-8,11-12H,5,9-10H2,1-2H3. The number of fused-ring (bicyclic) bond motifs is 2. The van der Waals surface area contributed by atoms with Crippen molar-refractivity contribution in [2.24, 2.45) is 4.99 Å². The van der Waals surface area contributed by atoms with E-state index in [-0.39, 0.29) is 0 Å². The second kappa shape index (κ2) is 5.85. The van der Waals surface area contributed by atoms with Crippen LogP contribution in [0.15, 0.2) is 57.5 Å². The average Bonchev–Trinajstić information content (AvgIpc) is 2.44. The van der Waals surface area contributed by atoms with Crippen LogP contribution in [0.4, 0.5) is 5.69 Å². The van der Waals surface area contributed by atoms with Gasteiger partial charge in [-0.15, -0.1) is 0 Å². The van der Waals surface area contributed by atoms with Gasteiger partial charge < -0.3 is 9.80 Å². The van der Waals surface area contributed by atoms with E-state index in [1.54, 1.807) is 0 Å². The lowest BCUT2D eigenvalue weighted by molar-refractivity contribution is 0.369. The van der Waals surface area contributed by atoms with Crippen LogP contribution < -0.4 is 0 Å². The maximum absolute atomic E-state index is 4.72. The number of thioether (sulfide) groups is 1. The minimum Gasteiger partial charge on any atom is -0.353 e. The van der Waals surface area contributed by atoms with Crippen molar-refractivity contribution in [1.29, 1.82) is 0 Å². The van der Waals surface area contributed by atoms with Crippen molar-refractivity contribution in [3.05, 3.63) is 47.6 Å². The van der Waals surface area contributed by atoms with E-state index in [0.717, 1.165) is 30.9 Å². The van der Waals surface area contributed by atoms with Gasteiger partial charge in [0.1, 0.15) is 0 Å². The van der Waals surface area contributed by atoms with Gasteiger partial charge in [0.15, 0.2) is 0 Å². The molecule has 2 aliphatic rings. The van der Waals surface area contributed by atoms with Gasteiger partial charge in [-0.3, -0.25) is 0 Å². The van der Waals surface area contributed by atoms with Crippen LogP contribution in [0.1, 0.15) is 6.42 Å². The second-order valence-electron chi connectivity index (χ2n) is 5.27. The lowest BCUT2D eigenvalue weighted by Gasteiger charge is -2.25. The molecule has 0 saturated heterocycles. The predicted molar refractivity (Wildman–Crippen MR) is 86.5 cm³/mol. The molecular weight excluding hydrogens is 266 g/mol. The molecular formula is C16H19N3S. The fourth-order valence-corrected chi connectivity index (χ4v) is 3.28. The van der Waals surface area contributed by atoms with Gasteiger partial charge in [0, 0.05) is 23.8 Å². The molecule has 104 valence electrons. The summed E-state index contributed by atoms with van der Waals surface area (Å²) in [6.45, 7) is 2.16. The number of nitrogens with zero attached hydrogens (tertiary/aromatic N) is 3. The van der Waals surface area contributed by atoms with Crippen molar-refractivity contribution in [2.75, 3.05) is 27.2 Å². The molecule has 4 heteroatoms. The fraction of sp³-hybridized carbons (Fsp3) is 0.312. The molecule has 3 rings (SSSR count). The van der Waals surface area contributed by atoms with Gasteiger partial charge in [0.2, 0.25) is 0 Å². The first-order chi connectivity index (χ1) is 9.72. The van der Waals surface area contributed by atoms with Crippen molar-refractivity contribution >= 4 is 23.2 Å². The first kappa shape index (κ1) is 13.5. The number of allylic oxidation sites excluding steroid dienone is 2. The summed E-state index contributed by atoms with van der Waals surface area (Å²) < 4.78 is 0. The molecule has 2 aliphatic heterocycles. The molecule has 0 fully saturated rings. The van der Waals surface area contributed by atoms with Gasteiger partial charge in [-0.2, -0.15) is 0 Å². The number of benzene rings is 1. The van der Waals surface area contributed by atoms with Gasteiger partial charge in [0.05, 0.1) is 16.3 Å². The number of para-hydroxylation sites is 1. The Balaban J connectivity index is 1.72. The van der Waals surface area contributed by atoms with Gasteiger partial charge >= 0.3 is 0 Å². The molecule has 1 aromatic rings. The zero-order valence-electron chi connectivity index (χ0n) is 11.9. The highest BCUT2D eigenvalue weighted by molar-refractivity contribution is 8.04. The SMILES string of the molecule is CN(C)CCCN1C=CC2=Nc3ccccc3SC2=C1. The van der Waals surface area contributed by atoms with Gasteiger partial charge in [-0.05, 0) is 45.3 Å². The summed E-state index contributed by atoms with van der Waals surface area (Å²) in [5.74, 6) is 0. The highest BCUT2D eigenvalue weighted by atomic mass is 32.2. The Kier molecular flexibility index (Phi) is 3.94. The van der Waals surface area contributed by atoms with Gasteiger partial charge in [-0.1, -0.05) is 23.9 Å². The van der Waals surface area contributed by atoms with Crippen LogP contribution in [0, 0.1) is 0 Å². The zero-order chi connectivity index (χ0) is 13.9. The maximum Gasteiger partial charge on any atom is 0.0806 e. The van der Waals surface area contributed by atoms with Crippen molar-refractivity contribution in [3.8, 4) is 0 Å². The van der Waals surface area contributed by atoms with Crippen LogP contribution in [-0.4, -0.2) is 42.7 Å². The van der Waals surface area contributed by atoms with Gasteiger partial charge in [-0.25, -0.2) is 4.99 Å². The molecule has 0 amide bonds. The van der Waals surface area contributed by atoms with Crippen LogP contribution in [0.3, 0.4) is 0 Å².